The monoisotopic (exact) mass is 210 g/mol. The van der Waals surface area contributed by atoms with Crippen LogP contribution < -0.4 is 0 Å². The molecule has 0 heterocycles. The Kier molecular flexibility index (Phi) is 4.28. The van der Waals surface area contributed by atoms with Crippen LogP contribution in [-0.4, -0.2) is 12.2 Å². The maximum Gasteiger partial charge on any atom is 0.123 e. The summed E-state index contributed by atoms with van der Waals surface area (Å²) in [5, 5.41) is 0. The van der Waals surface area contributed by atoms with Crippen LogP contribution in [0.2, 0.25) is 0 Å². The first-order valence-electron chi connectivity index (χ1n) is 5.36. The van der Waals surface area contributed by atoms with Gasteiger partial charge in [0.15, 0.2) is 0 Å². The van der Waals surface area contributed by atoms with E-state index >= 15 is 0 Å². The van der Waals surface area contributed by atoms with Crippen LogP contribution in [0.25, 0.3) is 0 Å². The van der Waals surface area contributed by atoms with Gasteiger partial charge in [-0.25, -0.2) is 4.39 Å². The first kappa shape index (κ1) is 12.2. The van der Waals surface area contributed by atoms with Crippen LogP contribution in [0, 0.1) is 5.82 Å². The maximum atomic E-state index is 12.6. The molecule has 15 heavy (non-hydrogen) atoms. The molecule has 1 aromatic carbocycles. The Morgan fingerprint density at radius 2 is 1.73 bits per heavy atom. The summed E-state index contributed by atoms with van der Waals surface area (Å²) < 4.78 is 18.2. The molecule has 0 saturated heterocycles. The smallest absolute Gasteiger partial charge is 0.123 e. The third-order valence-electron chi connectivity index (χ3n) is 2.06. The Balaban J connectivity index is 2.23. The lowest BCUT2D eigenvalue weighted by atomic mass is 10.1. The SMILES string of the molecule is CC(C)(C)OCCCc1ccc(F)cc1. The molecule has 0 amide bonds. The summed E-state index contributed by atoms with van der Waals surface area (Å²) in [6.07, 6.45) is 1.92. The van der Waals surface area contributed by atoms with Gasteiger partial charge in [0.05, 0.1) is 5.60 Å². The Morgan fingerprint density at radius 1 is 1.13 bits per heavy atom. The summed E-state index contributed by atoms with van der Waals surface area (Å²) in [6, 6.07) is 6.65. The first-order valence-corrected chi connectivity index (χ1v) is 5.36. The van der Waals surface area contributed by atoms with Crippen molar-refractivity contribution >= 4 is 0 Å². The molecule has 0 aliphatic rings. The molecule has 0 atom stereocenters. The van der Waals surface area contributed by atoms with Crippen LogP contribution in [0.4, 0.5) is 4.39 Å². The van der Waals surface area contributed by atoms with E-state index in [2.05, 4.69) is 0 Å². The average Bonchev–Trinajstić information content (AvgIpc) is 2.14. The Hall–Kier alpha value is -0.890. The van der Waals surface area contributed by atoms with Crippen LogP contribution >= 0.6 is 0 Å². The number of halogens is 1. The molecule has 0 unspecified atom stereocenters. The minimum atomic E-state index is -0.176. The molecule has 84 valence electrons. The number of ether oxygens (including phenoxy) is 1. The van der Waals surface area contributed by atoms with Crippen LogP contribution in [0.3, 0.4) is 0 Å². The van der Waals surface area contributed by atoms with E-state index in [1.807, 2.05) is 32.9 Å². The van der Waals surface area contributed by atoms with Gasteiger partial charge in [0, 0.05) is 6.61 Å². The molecule has 0 saturated carbocycles. The van der Waals surface area contributed by atoms with E-state index < -0.39 is 0 Å². The predicted octanol–water partition coefficient (Wildman–Crippen LogP) is 3.57. The predicted molar refractivity (Wildman–Crippen MR) is 60.4 cm³/mol. The van der Waals surface area contributed by atoms with Crippen molar-refractivity contribution in [3.05, 3.63) is 35.6 Å². The van der Waals surface area contributed by atoms with Gasteiger partial charge in [0.2, 0.25) is 0 Å². The van der Waals surface area contributed by atoms with Gasteiger partial charge < -0.3 is 4.74 Å². The van der Waals surface area contributed by atoms with Crippen molar-refractivity contribution in [3.63, 3.8) is 0 Å². The van der Waals surface area contributed by atoms with E-state index in [4.69, 9.17) is 4.74 Å². The van der Waals surface area contributed by atoms with Crippen molar-refractivity contribution in [2.45, 2.75) is 39.2 Å². The number of benzene rings is 1. The lowest BCUT2D eigenvalue weighted by molar-refractivity contribution is -0.00384. The summed E-state index contributed by atoms with van der Waals surface area (Å²) in [5.74, 6) is -0.176. The Bertz CT molecular complexity index is 284. The largest absolute Gasteiger partial charge is 0.376 e. The lowest BCUT2D eigenvalue weighted by Crippen LogP contribution is -2.19. The van der Waals surface area contributed by atoms with Crippen LogP contribution in [0.1, 0.15) is 32.8 Å². The van der Waals surface area contributed by atoms with Gasteiger partial charge in [-0.2, -0.15) is 0 Å². The van der Waals surface area contributed by atoms with Crippen molar-refractivity contribution in [1.29, 1.82) is 0 Å². The zero-order valence-electron chi connectivity index (χ0n) is 9.72. The minimum absolute atomic E-state index is 0.0667. The van der Waals surface area contributed by atoms with Crippen molar-refractivity contribution in [1.82, 2.24) is 0 Å². The van der Waals surface area contributed by atoms with Gasteiger partial charge in [-0.1, -0.05) is 12.1 Å². The molecule has 0 N–H and O–H groups in total. The fourth-order valence-corrected chi connectivity index (χ4v) is 1.31. The second-order valence-electron chi connectivity index (χ2n) is 4.69. The molecule has 0 spiro atoms. The average molecular weight is 210 g/mol. The third-order valence-corrected chi connectivity index (χ3v) is 2.06. The highest BCUT2D eigenvalue weighted by Crippen LogP contribution is 2.09. The molecular weight excluding hydrogens is 191 g/mol. The van der Waals surface area contributed by atoms with Gasteiger partial charge in [-0.15, -0.1) is 0 Å². The first-order chi connectivity index (χ1) is 6.97. The van der Waals surface area contributed by atoms with E-state index in [0.717, 1.165) is 25.0 Å². The molecule has 0 radical (unpaired) electrons. The lowest BCUT2D eigenvalue weighted by Gasteiger charge is -2.19. The van der Waals surface area contributed by atoms with Gasteiger partial charge in [-0.05, 0) is 51.3 Å². The summed E-state index contributed by atoms with van der Waals surface area (Å²) in [6.45, 7) is 6.89. The quantitative estimate of drug-likeness (QED) is 0.690. The molecule has 2 heteroatoms. The zero-order chi connectivity index (χ0) is 11.3. The van der Waals surface area contributed by atoms with Crippen molar-refractivity contribution in [2.24, 2.45) is 0 Å². The number of hydrogen-bond acceptors (Lipinski definition) is 1. The number of aryl methyl sites for hydroxylation is 1. The molecular formula is C13H19FO. The van der Waals surface area contributed by atoms with E-state index in [9.17, 15) is 4.39 Å². The second-order valence-corrected chi connectivity index (χ2v) is 4.69. The molecule has 0 fully saturated rings. The normalized spacial score (nSPS) is 11.7. The number of rotatable bonds is 4. The van der Waals surface area contributed by atoms with E-state index in [1.54, 1.807) is 0 Å². The van der Waals surface area contributed by atoms with Crippen LogP contribution in [0.15, 0.2) is 24.3 Å². The third kappa shape index (κ3) is 5.53. The highest BCUT2D eigenvalue weighted by molar-refractivity contribution is 5.15. The fourth-order valence-electron chi connectivity index (χ4n) is 1.31. The molecule has 0 bridgehead atoms. The summed E-state index contributed by atoms with van der Waals surface area (Å²) in [4.78, 5) is 0. The molecule has 1 rings (SSSR count). The van der Waals surface area contributed by atoms with E-state index in [-0.39, 0.29) is 11.4 Å². The zero-order valence-corrected chi connectivity index (χ0v) is 9.72. The second kappa shape index (κ2) is 5.26. The fraction of sp³-hybridized carbons (Fsp3) is 0.538. The standard InChI is InChI=1S/C13H19FO/c1-13(2,3)15-10-4-5-11-6-8-12(14)9-7-11/h6-9H,4-5,10H2,1-3H3. The highest BCUT2D eigenvalue weighted by Gasteiger charge is 2.08. The molecule has 1 aromatic rings. The van der Waals surface area contributed by atoms with Crippen molar-refractivity contribution in [2.75, 3.05) is 6.61 Å². The van der Waals surface area contributed by atoms with Gasteiger partial charge >= 0.3 is 0 Å². The summed E-state index contributed by atoms with van der Waals surface area (Å²) >= 11 is 0. The van der Waals surface area contributed by atoms with Gasteiger partial charge in [0.25, 0.3) is 0 Å². The highest BCUT2D eigenvalue weighted by atomic mass is 19.1. The number of hydrogen-bond donors (Lipinski definition) is 0. The minimum Gasteiger partial charge on any atom is -0.376 e. The van der Waals surface area contributed by atoms with E-state index in [0.29, 0.717) is 0 Å². The Labute approximate surface area is 91.3 Å². The summed E-state index contributed by atoms with van der Waals surface area (Å²) in [7, 11) is 0. The summed E-state index contributed by atoms with van der Waals surface area (Å²) in [5.41, 5.74) is 1.09. The van der Waals surface area contributed by atoms with Crippen molar-refractivity contribution in [3.8, 4) is 0 Å². The maximum absolute atomic E-state index is 12.6. The van der Waals surface area contributed by atoms with Gasteiger partial charge in [-0.3, -0.25) is 0 Å². The molecule has 0 aliphatic heterocycles. The van der Waals surface area contributed by atoms with E-state index in [1.165, 1.54) is 12.1 Å². The van der Waals surface area contributed by atoms with Crippen LogP contribution in [0.5, 0.6) is 0 Å². The molecule has 0 aliphatic carbocycles. The van der Waals surface area contributed by atoms with Crippen LogP contribution in [-0.2, 0) is 11.2 Å². The Morgan fingerprint density at radius 3 is 2.27 bits per heavy atom. The van der Waals surface area contributed by atoms with Crippen molar-refractivity contribution < 1.29 is 9.13 Å². The van der Waals surface area contributed by atoms with Gasteiger partial charge in [0.1, 0.15) is 5.82 Å². The molecule has 1 nitrogen and oxygen atoms in total. The molecule has 0 aromatic heterocycles. The topological polar surface area (TPSA) is 9.23 Å².